The highest BCUT2D eigenvalue weighted by Crippen LogP contribution is 2.55. The van der Waals surface area contributed by atoms with Crippen molar-refractivity contribution in [2.75, 3.05) is 0 Å². The fourth-order valence-electron chi connectivity index (χ4n) is 3.50. The van der Waals surface area contributed by atoms with Gasteiger partial charge in [-0.15, -0.1) is 0 Å². The standard InChI is InChI=1S/C19H13N7O2/c20-7-10-1-2-15(22-8-10)12-5-11(12)13-6-16(25-26-4-3-21-17(13)26)14-9-23-19(28)24-18(14)27/h1-4,6,8-9,11-12H,5H2,(H2,23,24,27,28)/t11-,12-/m0/s1. The molecule has 0 aliphatic heterocycles. The van der Waals surface area contributed by atoms with Crippen LogP contribution < -0.4 is 11.2 Å². The number of imidazole rings is 1. The third-order valence-electron chi connectivity index (χ3n) is 4.97. The Kier molecular flexibility index (Phi) is 3.45. The molecule has 0 amide bonds. The van der Waals surface area contributed by atoms with Crippen LogP contribution in [0.2, 0.25) is 0 Å². The zero-order valence-electron chi connectivity index (χ0n) is 14.5. The van der Waals surface area contributed by atoms with Crippen LogP contribution in [0.4, 0.5) is 0 Å². The molecule has 0 aromatic carbocycles. The van der Waals surface area contributed by atoms with Crippen LogP contribution in [0.15, 0.2) is 52.6 Å². The molecule has 4 aromatic heterocycles. The number of hydrogen-bond donors (Lipinski definition) is 2. The van der Waals surface area contributed by atoms with Crippen molar-refractivity contribution in [3.05, 3.63) is 80.6 Å². The molecule has 5 rings (SSSR count). The van der Waals surface area contributed by atoms with Gasteiger partial charge in [0.25, 0.3) is 5.56 Å². The minimum atomic E-state index is -0.563. The largest absolute Gasteiger partial charge is 0.325 e. The fourth-order valence-corrected chi connectivity index (χ4v) is 3.50. The van der Waals surface area contributed by atoms with Crippen LogP contribution in [0.25, 0.3) is 16.9 Å². The second-order valence-electron chi connectivity index (χ2n) is 6.70. The van der Waals surface area contributed by atoms with E-state index in [2.05, 4.69) is 31.1 Å². The third-order valence-corrected chi connectivity index (χ3v) is 4.97. The number of rotatable bonds is 3. The van der Waals surface area contributed by atoms with Crippen molar-refractivity contribution < 1.29 is 0 Å². The Morgan fingerprint density at radius 2 is 2.11 bits per heavy atom. The lowest BCUT2D eigenvalue weighted by molar-refractivity contribution is 0.899. The van der Waals surface area contributed by atoms with E-state index in [1.807, 2.05) is 12.1 Å². The summed E-state index contributed by atoms with van der Waals surface area (Å²) in [4.78, 5) is 37.0. The van der Waals surface area contributed by atoms with Crippen molar-refractivity contribution in [3.8, 4) is 17.3 Å². The van der Waals surface area contributed by atoms with Crippen molar-refractivity contribution in [2.45, 2.75) is 18.3 Å². The molecule has 1 fully saturated rings. The summed E-state index contributed by atoms with van der Waals surface area (Å²) < 4.78 is 1.64. The van der Waals surface area contributed by atoms with E-state index in [1.165, 1.54) is 6.20 Å². The predicted octanol–water partition coefficient (Wildman–Crippen LogP) is 1.31. The Labute approximate surface area is 157 Å². The highest BCUT2D eigenvalue weighted by molar-refractivity contribution is 5.63. The lowest BCUT2D eigenvalue weighted by atomic mass is 10.1. The summed E-state index contributed by atoms with van der Waals surface area (Å²) in [6.07, 6.45) is 7.21. The summed E-state index contributed by atoms with van der Waals surface area (Å²) in [6, 6.07) is 7.56. The Morgan fingerprint density at radius 3 is 2.86 bits per heavy atom. The van der Waals surface area contributed by atoms with Gasteiger partial charge in [0.05, 0.1) is 16.8 Å². The second kappa shape index (κ2) is 5.99. The first-order valence-corrected chi connectivity index (χ1v) is 8.67. The molecule has 136 valence electrons. The van der Waals surface area contributed by atoms with Gasteiger partial charge >= 0.3 is 5.69 Å². The van der Waals surface area contributed by atoms with Gasteiger partial charge in [-0.3, -0.25) is 14.8 Å². The van der Waals surface area contributed by atoms with E-state index >= 15 is 0 Å². The van der Waals surface area contributed by atoms with E-state index in [4.69, 9.17) is 5.26 Å². The Morgan fingerprint density at radius 1 is 1.21 bits per heavy atom. The number of pyridine rings is 1. The summed E-state index contributed by atoms with van der Waals surface area (Å²) in [5.74, 6) is 0.409. The van der Waals surface area contributed by atoms with Crippen LogP contribution in [0.5, 0.6) is 0 Å². The minimum absolute atomic E-state index is 0.189. The van der Waals surface area contributed by atoms with Gasteiger partial charge in [0.2, 0.25) is 0 Å². The van der Waals surface area contributed by atoms with E-state index < -0.39 is 11.2 Å². The third kappa shape index (κ3) is 2.59. The molecule has 0 unspecified atom stereocenters. The highest BCUT2D eigenvalue weighted by Gasteiger charge is 2.42. The summed E-state index contributed by atoms with van der Waals surface area (Å²) in [5, 5.41) is 13.4. The van der Waals surface area contributed by atoms with Crippen LogP contribution in [0.3, 0.4) is 0 Å². The average molecular weight is 371 g/mol. The predicted molar refractivity (Wildman–Crippen MR) is 98.7 cm³/mol. The van der Waals surface area contributed by atoms with Crippen LogP contribution in [0, 0.1) is 11.3 Å². The van der Waals surface area contributed by atoms with Gasteiger partial charge in [-0.1, -0.05) is 0 Å². The molecule has 0 bridgehead atoms. The number of aromatic amines is 2. The van der Waals surface area contributed by atoms with Gasteiger partial charge in [-0.25, -0.2) is 14.3 Å². The van der Waals surface area contributed by atoms with E-state index in [0.717, 1.165) is 23.3 Å². The zero-order valence-corrected chi connectivity index (χ0v) is 14.5. The summed E-state index contributed by atoms with van der Waals surface area (Å²) >= 11 is 0. The molecule has 4 aromatic rings. The van der Waals surface area contributed by atoms with Crippen LogP contribution in [-0.2, 0) is 0 Å². The maximum atomic E-state index is 12.2. The topological polar surface area (TPSA) is 133 Å². The number of fused-ring (bicyclic) bond motifs is 1. The lowest BCUT2D eigenvalue weighted by Crippen LogP contribution is -2.23. The smallest absolute Gasteiger partial charge is 0.313 e. The number of aromatic nitrogens is 6. The van der Waals surface area contributed by atoms with Crippen LogP contribution in [-0.4, -0.2) is 29.5 Å². The molecule has 1 aliphatic carbocycles. The van der Waals surface area contributed by atoms with Gasteiger partial charge in [-0.05, 0) is 30.5 Å². The molecular weight excluding hydrogens is 358 g/mol. The molecule has 1 aliphatic rings. The van der Waals surface area contributed by atoms with E-state index in [0.29, 0.717) is 11.3 Å². The Bertz CT molecular complexity index is 1360. The van der Waals surface area contributed by atoms with E-state index in [1.54, 1.807) is 29.2 Å². The maximum absolute atomic E-state index is 12.2. The first-order chi connectivity index (χ1) is 13.6. The molecule has 2 atom stereocenters. The zero-order chi connectivity index (χ0) is 19.3. The van der Waals surface area contributed by atoms with Crippen molar-refractivity contribution >= 4 is 5.65 Å². The summed E-state index contributed by atoms with van der Waals surface area (Å²) in [5.41, 5.74) is 2.83. The van der Waals surface area contributed by atoms with Gasteiger partial charge in [0.1, 0.15) is 6.07 Å². The SMILES string of the molecule is N#Cc1ccc([C@H]2C[C@@H]2c2cc(-c3c[nH]c(=O)[nH]c3=O)nn3ccnc23)nc1. The van der Waals surface area contributed by atoms with Gasteiger partial charge in [0, 0.05) is 42.0 Å². The Hall–Kier alpha value is -4.06. The summed E-state index contributed by atoms with van der Waals surface area (Å²) in [7, 11) is 0. The molecule has 1 saturated carbocycles. The molecule has 2 N–H and O–H groups in total. The lowest BCUT2D eigenvalue weighted by Gasteiger charge is -2.07. The molecule has 28 heavy (non-hydrogen) atoms. The van der Waals surface area contributed by atoms with Crippen molar-refractivity contribution in [1.29, 1.82) is 5.26 Å². The van der Waals surface area contributed by atoms with Crippen molar-refractivity contribution in [3.63, 3.8) is 0 Å². The van der Waals surface area contributed by atoms with Crippen molar-refractivity contribution in [2.24, 2.45) is 0 Å². The number of nitrogens with one attached hydrogen (secondary N) is 2. The Balaban J connectivity index is 1.58. The summed E-state index contributed by atoms with van der Waals surface area (Å²) in [6.45, 7) is 0. The number of nitriles is 1. The molecular formula is C19H13N7O2. The molecule has 9 heteroatoms. The molecule has 4 heterocycles. The van der Waals surface area contributed by atoms with Crippen molar-refractivity contribution in [1.82, 2.24) is 29.5 Å². The first-order valence-electron chi connectivity index (χ1n) is 8.67. The highest BCUT2D eigenvalue weighted by atomic mass is 16.2. The number of nitrogens with zero attached hydrogens (tertiary/aromatic N) is 5. The average Bonchev–Trinajstić information content (AvgIpc) is 3.36. The maximum Gasteiger partial charge on any atom is 0.325 e. The first kappa shape index (κ1) is 16.1. The van der Waals surface area contributed by atoms with Gasteiger partial charge < -0.3 is 4.98 Å². The second-order valence-corrected chi connectivity index (χ2v) is 6.70. The van der Waals surface area contributed by atoms with Gasteiger partial charge in [0.15, 0.2) is 5.65 Å². The molecule has 0 saturated heterocycles. The number of hydrogen-bond acceptors (Lipinski definition) is 6. The van der Waals surface area contributed by atoms with Gasteiger partial charge in [-0.2, -0.15) is 10.4 Å². The fraction of sp³-hybridized carbons (Fsp3) is 0.158. The molecule has 0 spiro atoms. The normalized spacial score (nSPS) is 18.1. The quantitative estimate of drug-likeness (QED) is 0.558. The monoisotopic (exact) mass is 371 g/mol. The van der Waals surface area contributed by atoms with E-state index in [-0.39, 0.29) is 17.4 Å². The van der Waals surface area contributed by atoms with Crippen LogP contribution >= 0.6 is 0 Å². The molecule has 0 radical (unpaired) electrons. The van der Waals surface area contributed by atoms with E-state index in [9.17, 15) is 9.59 Å². The molecule has 9 nitrogen and oxygen atoms in total. The van der Waals surface area contributed by atoms with Crippen LogP contribution in [0.1, 0.15) is 35.1 Å². The minimum Gasteiger partial charge on any atom is -0.313 e. The number of H-pyrrole nitrogens is 2.